The molecule has 0 saturated carbocycles. The first-order valence-electron chi connectivity index (χ1n) is 12.3. The SMILES string of the molecule is CC(=O)OC[C@H]1OC(OC(C)=O)[C@H](N(Cc2ccccc2)Cc2ccccc2)[C@@H](OC(C)=O)[C@@H]1OC(C)=O. The van der Waals surface area contributed by atoms with Crippen LogP contribution in [0.2, 0.25) is 0 Å². The highest BCUT2D eigenvalue weighted by Crippen LogP contribution is 2.33. The highest BCUT2D eigenvalue weighted by Gasteiger charge is 2.53. The fourth-order valence-electron chi connectivity index (χ4n) is 4.43. The largest absolute Gasteiger partial charge is 0.463 e. The first kappa shape index (κ1) is 28.8. The highest BCUT2D eigenvalue weighted by molar-refractivity contribution is 5.68. The first-order valence-corrected chi connectivity index (χ1v) is 12.3. The number of hydrogen-bond acceptors (Lipinski definition) is 10. The van der Waals surface area contributed by atoms with Gasteiger partial charge < -0.3 is 23.7 Å². The van der Waals surface area contributed by atoms with Crippen molar-refractivity contribution in [3.8, 4) is 0 Å². The molecule has 0 amide bonds. The van der Waals surface area contributed by atoms with Crippen LogP contribution in [0.5, 0.6) is 0 Å². The second-order valence-electron chi connectivity index (χ2n) is 8.97. The molecule has 2 aromatic carbocycles. The Bertz CT molecular complexity index is 1050. The summed E-state index contributed by atoms with van der Waals surface area (Å²) >= 11 is 0. The van der Waals surface area contributed by atoms with Gasteiger partial charge in [-0.15, -0.1) is 0 Å². The standard InChI is InChI=1S/C28H33NO9/c1-18(30)34-17-24-26(35-19(2)31)27(36-20(3)32)25(28(38-24)37-21(4)33)29(15-22-11-7-5-8-12-22)16-23-13-9-6-10-14-23/h5-14,24-28H,15-17H2,1-4H3/t24-,25-,26-,27-,28?/m1/s1. The fraction of sp³-hybridized carbons (Fsp3) is 0.429. The Kier molecular flexibility index (Phi) is 10.4. The molecule has 1 unspecified atom stereocenters. The molecule has 3 rings (SSSR count). The predicted octanol–water partition coefficient (Wildman–Crippen LogP) is 2.77. The second-order valence-corrected chi connectivity index (χ2v) is 8.97. The Labute approximate surface area is 221 Å². The average molecular weight is 528 g/mol. The van der Waals surface area contributed by atoms with E-state index in [9.17, 15) is 19.2 Å². The van der Waals surface area contributed by atoms with Gasteiger partial charge in [-0.3, -0.25) is 24.1 Å². The lowest BCUT2D eigenvalue weighted by Gasteiger charge is -2.48. The van der Waals surface area contributed by atoms with E-state index in [1.807, 2.05) is 65.6 Å². The zero-order chi connectivity index (χ0) is 27.7. The van der Waals surface area contributed by atoms with E-state index in [-0.39, 0.29) is 6.61 Å². The van der Waals surface area contributed by atoms with Crippen LogP contribution in [0.3, 0.4) is 0 Å². The van der Waals surface area contributed by atoms with Crippen molar-refractivity contribution in [1.82, 2.24) is 4.90 Å². The molecule has 0 aliphatic carbocycles. The summed E-state index contributed by atoms with van der Waals surface area (Å²) in [5, 5.41) is 0. The maximum absolute atomic E-state index is 12.3. The van der Waals surface area contributed by atoms with Crippen molar-refractivity contribution in [3.05, 3.63) is 71.8 Å². The van der Waals surface area contributed by atoms with E-state index in [4.69, 9.17) is 23.7 Å². The molecule has 5 atom stereocenters. The van der Waals surface area contributed by atoms with Crippen molar-refractivity contribution in [2.24, 2.45) is 0 Å². The molecule has 0 spiro atoms. The Morgan fingerprint density at radius 3 is 1.61 bits per heavy atom. The van der Waals surface area contributed by atoms with Crippen molar-refractivity contribution >= 4 is 23.9 Å². The lowest BCUT2D eigenvalue weighted by atomic mass is 9.93. The number of esters is 4. The van der Waals surface area contributed by atoms with Crippen LogP contribution in [0.1, 0.15) is 38.8 Å². The molecule has 0 N–H and O–H groups in total. The van der Waals surface area contributed by atoms with E-state index in [1.54, 1.807) is 0 Å². The number of benzene rings is 2. The molecule has 0 aromatic heterocycles. The molecule has 204 valence electrons. The van der Waals surface area contributed by atoms with Crippen LogP contribution in [0.4, 0.5) is 0 Å². The molecular formula is C28H33NO9. The summed E-state index contributed by atoms with van der Waals surface area (Å²) in [5.41, 5.74) is 1.88. The minimum atomic E-state index is -1.24. The monoisotopic (exact) mass is 527 g/mol. The van der Waals surface area contributed by atoms with Crippen molar-refractivity contribution in [2.75, 3.05) is 6.61 Å². The zero-order valence-electron chi connectivity index (χ0n) is 21.9. The third-order valence-corrected chi connectivity index (χ3v) is 5.83. The van der Waals surface area contributed by atoms with Crippen LogP contribution < -0.4 is 0 Å². The molecule has 1 aliphatic rings. The van der Waals surface area contributed by atoms with Gasteiger partial charge in [-0.25, -0.2) is 0 Å². The summed E-state index contributed by atoms with van der Waals surface area (Å²) < 4.78 is 28.2. The van der Waals surface area contributed by atoms with Crippen LogP contribution >= 0.6 is 0 Å². The Balaban J connectivity index is 2.11. The molecule has 10 heteroatoms. The fourth-order valence-corrected chi connectivity index (χ4v) is 4.43. The van der Waals surface area contributed by atoms with Gasteiger partial charge in [0.1, 0.15) is 18.8 Å². The van der Waals surface area contributed by atoms with Gasteiger partial charge in [0.15, 0.2) is 12.2 Å². The minimum absolute atomic E-state index is 0.313. The molecule has 1 heterocycles. The molecule has 0 radical (unpaired) electrons. The summed E-state index contributed by atoms with van der Waals surface area (Å²) in [6.45, 7) is 5.32. The normalized spacial score (nSPS) is 22.8. The number of hydrogen-bond donors (Lipinski definition) is 0. The van der Waals surface area contributed by atoms with Crippen molar-refractivity contribution in [2.45, 2.75) is 71.4 Å². The molecule has 38 heavy (non-hydrogen) atoms. The summed E-state index contributed by atoms with van der Waals surface area (Å²) in [5.74, 6) is -2.49. The van der Waals surface area contributed by atoms with Gasteiger partial charge in [0, 0.05) is 40.8 Å². The molecule has 1 aliphatic heterocycles. The molecule has 2 aromatic rings. The number of carbonyl (C=O) groups excluding carboxylic acids is 4. The van der Waals surface area contributed by atoms with Gasteiger partial charge in [-0.2, -0.15) is 0 Å². The summed E-state index contributed by atoms with van der Waals surface area (Å²) in [6, 6.07) is 18.3. The van der Waals surface area contributed by atoms with Gasteiger partial charge in [-0.05, 0) is 11.1 Å². The second kappa shape index (κ2) is 13.7. The van der Waals surface area contributed by atoms with Crippen molar-refractivity contribution in [3.63, 3.8) is 0 Å². The van der Waals surface area contributed by atoms with Crippen molar-refractivity contribution in [1.29, 1.82) is 0 Å². The molecular weight excluding hydrogens is 494 g/mol. The van der Waals surface area contributed by atoms with Crippen LogP contribution in [0.25, 0.3) is 0 Å². The molecule has 1 fully saturated rings. The van der Waals surface area contributed by atoms with E-state index in [0.717, 1.165) is 11.1 Å². The predicted molar refractivity (Wildman–Crippen MR) is 134 cm³/mol. The smallest absolute Gasteiger partial charge is 0.304 e. The molecule has 1 saturated heterocycles. The topological polar surface area (TPSA) is 118 Å². The lowest BCUT2D eigenvalue weighted by Crippen LogP contribution is -2.66. The van der Waals surface area contributed by atoms with E-state index in [1.165, 1.54) is 27.7 Å². The lowest BCUT2D eigenvalue weighted by molar-refractivity contribution is -0.287. The number of nitrogens with zero attached hydrogens (tertiary/aromatic N) is 1. The maximum atomic E-state index is 12.3. The summed E-state index contributed by atoms with van der Waals surface area (Å²) in [4.78, 5) is 50.1. The van der Waals surface area contributed by atoms with Gasteiger partial charge in [-0.1, -0.05) is 60.7 Å². The first-order chi connectivity index (χ1) is 18.1. The molecule has 10 nitrogen and oxygen atoms in total. The highest BCUT2D eigenvalue weighted by atomic mass is 16.7. The van der Waals surface area contributed by atoms with Gasteiger partial charge in [0.25, 0.3) is 0 Å². The Morgan fingerprint density at radius 2 is 1.16 bits per heavy atom. The van der Waals surface area contributed by atoms with E-state index in [2.05, 4.69) is 0 Å². The quantitative estimate of drug-likeness (QED) is 0.337. The maximum Gasteiger partial charge on any atom is 0.304 e. The van der Waals surface area contributed by atoms with Gasteiger partial charge in [0.2, 0.25) is 6.29 Å². The average Bonchev–Trinajstić information content (AvgIpc) is 2.84. The Hall–Kier alpha value is -3.76. The minimum Gasteiger partial charge on any atom is -0.463 e. The van der Waals surface area contributed by atoms with Gasteiger partial charge in [0.05, 0.1) is 0 Å². The third kappa shape index (κ3) is 8.39. The summed E-state index contributed by atoms with van der Waals surface area (Å²) in [7, 11) is 0. The van der Waals surface area contributed by atoms with E-state index >= 15 is 0 Å². The zero-order valence-corrected chi connectivity index (χ0v) is 21.9. The van der Waals surface area contributed by atoms with Crippen LogP contribution in [0, 0.1) is 0 Å². The summed E-state index contributed by atoms with van der Waals surface area (Å²) in [6.07, 6.45) is -4.58. The Morgan fingerprint density at radius 1 is 0.684 bits per heavy atom. The third-order valence-electron chi connectivity index (χ3n) is 5.83. The van der Waals surface area contributed by atoms with E-state index in [0.29, 0.717) is 13.1 Å². The van der Waals surface area contributed by atoms with Gasteiger partial charge >= 0.3 is 23.9 Å². The molecule has 0 bridgehead atoms. The van der Waals surface area contributed by atoms with Crippen LogP contribution in [-0.4, -0.2) is 66.0 Å². The van der Waals surface area contributed by atoms with Crippen molar-refractivity contribution < 1.29 is 42.9 Å². The number of ether oxygens (including phenoxy) is 5. The van der Waals surface area contributed by atoms with Crippen LogP contribution in [0.15, 0.2) is 60.7 Å². The number of carbonyl (C=O) groups is 4. The number of rotatable bonds is 10. The van der Waals surface area contributed by atoms with E-state index < -0.39 is 54.5 Å². The van der Waals surface area contributed by atoms with Crippen LogP contribution in [-0.2, 0) is 56.0 Å².